The Morgan fingerprint density at radius 2 is 1.84 bits per heavy atom. The van der Waals surface area contributed by atoms with E-state index in [1.54, 1.807) is 19.1 Å². The largest absolute Gasteiger partial charge is 0.505 e. The number of hydrogen-bond donors (Lipinski definition) is 2. The highest BCUT2D eigenvalue weighted by Crippen LogP contribution is 2.32. The number of aromatic nitrogens is 1. The lowest BCUT2D eigenvalue weighted by atomic mass is 10.1. The van der Waals surface area contributed by atoms with Crippen molar-refractivity contribution in [2.24, 2.45) is 0 Å². The Kier molecular flexibility index (Phi) is 4.22. The number of nitrogens with zero attached hydrogens (tertiary/aromatic N) is 1. The first kappa shape index (κ1) is 17.0. The van der Waals surface area contributed by atoms with Gasteiger partial charge >= 0.3 is 5.97 Å². The molecule has 0 unspecified atom stereocenters. The third-order valence-corrected chi connectivity index (χ3v) is 4.28. The number of fused-ring (bicyclic) bond motifs is 1. The molecule has 0 saturated heterocycles. The van der Waals surface area contributed by atoms with E-state index in [1.165, 1.54) is 16.7 Å². The first-order valence-corrected chi connectivity index (χ1v) is 7.72. The predicted molar refractivity (Wildman–Crippen MR) is 90.8 cm³/mol. The number of carbonyl (C=O) groups is 2. The highest BCUT2D eigenvalue weighted by Gasteiger charge is 2.23. The van der Waals surface area contributed by atoms with Gasteiger partial charge in [-0.05, 0) is 42.8 Å². The van der Waals surface area contributed by atoms with Crippen LogP contribution < -0.4 is 0 Å². The summed E-state index contributed by atoms with van der Waals surface area (Å²) in [6.45, 7) is 1.58. The zero-order valence-electron chi connectivity index (χ0n) is 13.1. The molecule has 0 aliphatic carbocycles. The number of aliphatic carboxylic acids is 1. The van der Waals surface area contributed by atoms with Gasteiger partial charge in [0.15, 0.2) is 11.6 Å². The van der Waals surface area contributed by atoms with Gasteiger partial charge in [-0.15, -0.1) is 0 Å². The van der Waals surface area contributed by atoms with Gasteiger partial charge in [0, 0.05) is 27.7 Å². The van der Waals surface area contributed by atoms with E-state index in [0.717, 1.165) is 12.1 Å². The van der Waals surface area contributed by atoms with Crippen LogP contribution in [0.4, 0.5) is 4.39 Å². The Balaban J connectivity index is 2.28. The SMILES string of the molecule is Cc1c(CC(=O)O)c2cc(O)c(F)cc2n1C(=O)c1ccc(Cl)cc1. The monoisotopic (exact) mass is 361 g/mol. The Hall–Kier alpha value is -2.86. The van der Waals surface area contributed by atoms with Crippen LogP contribution in [0.1, 0.15) is 21.6 Å². The number of halogens is 2. The van der Waals surface area contributed by atoms with E-state index in [-0.39, 0.29) is 11.9 Å². The molecule has 3 aromatic rings. The lowest BCUT2D eigenvalue weighted by molar-refractivity contribution is -0.136. The maximum atomic E-state index is 13.8. The number of carboxylic acid groups (broad SMARTS) is 1. The van der Waals surface area contributed by atoms with Crippen molar-refractivity contribution in [3.63, 3.8) is 0 Å². The van der Waals surface area contributed by atoms with Crippen molar-refractivity contribution in [3.8, 4) is 5.75 Å². The molecule has 0 saturated carbocycles. The first-order chi connectivity index (χ1) is 11.8. The molecule has 0 fully saturated rings. The molecule has 0 aliphatic rings. The lowest BCUT2D eigenvalue weighted by Crippen LogP contribution is -2.14. The maximum Gasteiger partial charge on any atom is 0.307 e. The van der Waals surface area contributed by atoms with E-state index in [1.807, 2.05) is 0 Å². The number of aromatic hydroxyl groups is 1. The van der Waals surface area contributed by atoms with Crippen LogP contribution in [-0.2, 0) is 11.2 Å². The number of rotatable bonds is 3. The van der Waals surface area contributed by atoms with Crippen molar-refractivity contribution in [2.45, 2.75) is 13.3 Å². The number of carbonyl (C=O) groups excluding carboxylic acids is 1. The van der Waals surface area contributed by atoms with Gasteiger partial charge in [-0.2, -0.15) is 0 Å². The van der Waals surface area contributed by atoms with Crippen molar-refractivity contribution in [2.75, 3.05) is 0 Å². The zero-order valence-corrected chi connectivity index (χ0v) is 13.8. The Labute approximate surface area is 146 Å². The van der Waals surface area contributed by atoms with Crippen molar-refractivity contribution in [1.82, 2.24) is 4.57 Å². The summed E-state index contributed by atoms with van der Waals surface area (Å²) in [6.07, 6.45) is -0.353. The van der Waals surface area contributed by atoms with Crippen LogP contribution in [0.15, 0.2) is 36.4 Å². The molecule has 1 heterocycles. The highest BCUT2D eigenvalue weighted by atomic mass is 35.5. The van der Waals surface area contributed by atoms with Crippen molar-refractivity contribution in [3.05, 3.63) is 64.1 Å². The normalized spacial score (nSPS) is 11.0. The fraction of sp³-hybridized carbons (Fsp3) is 0.111. The third kappa shape index (κ3) is 2.96. The van der Waals surface area contributed by atoms with Crippen LogP contribution in [0.3, 0.4) is 0 Å². The van der Waals surface area contributed by atoms with Crippen LogP contribution in [0.2, 0.25) is 5.02 Å². The fourth-order valence-electron chi connectivity index (χ4n) is 2.85. The molecule has 0 radical (unpaired) electrons. The Morgan fingerprint density at radius 1 is 1.20 bits per heavy atom. The second kappa shape index (κ2) is 6.22. The van der Waals surface area contributed by atoms with E-state index in [4.69, 9.17) is 16.7 Å². The summed E-state index contributed by atoms with van der Waals surface area (Å²) in [5.41, 5.74) is 1.24. The quantitative estimate of drug-likeness (QED) is 0.744. The number of phenols is 1. The number of phenolic OH excluding ortho intramolecular Hbond substituents is 1. The maximum absolute atomic E-state index is 13.8. The van der Waals surface area contributed by atoms with Gasteiger partial charge in [0.25, 0.3) is 5.91 Å². The zero-order chi connectivity index (χ0) is 18.3. The predicted octanol–water partition coefficient (Wildman–Crippen LogP) is 3.76. The third-order valence-electron chi connectivity index (χ3n) is 4.03. The molecule has 0 aliphatic heterocycles. The van der Waals surface area contributed by atoms with Gasteiger partial charge in [0.2, 0.25) is 0 Å². The van der Waals surface area contributed by atoms with Gasteiger partial charge < -0.3 is 10.2 Å². The molecule has 5 nitrogen and oxygen atoms in total. The molecule has 0 bridgehead atoms. The van der Waals surface area contributed by atoms with E-state index in [9.17, 15) is 19.1 Å². The molecule has 0 atom stereocenters. The van der Waals surface area contributed by atoms with Gasteiger partial charge in [-0.1, -0.05) is 11.6 Å². The van der Waals surface area contributed by atoms with Crippen LogP contribution in [-0.4, -0.2) is 26.7 Å². The average molecular weight is 362 g/mol. The summed E-state index contributed by atoms with van der Waals surface area (Å²) in [6, 6.07) is 8.34. The molecule has 128 valence electrons. The summed E-state index contributed by atoms with van der Waals surface area (Å²) in [7, 11) is 0. The van der Waals surface area contributed by atoms with Gasteiger partial charge in [0.05, 0.1) is 11.9 Å². The molecule has 0 amide bonds. The standard InChI is InChI=1S/C18H13ClFNO4/c1-9-12(7-17(23)24)13-6-16(22)14(20)8-15(13)21(9)18(25)10-2-4-11(19)5-3-10/h2-6,8,22H,7H2,1H3,(H,23,24). The van der Waals surface area contributed by atoms with Crippen molar-refractivity contribution >= 4 is 34.4 Å². The summed E-state index contributed by atoms with van der Waals surface area (Å²) >= 11 is 5.83. The number of hydrogen-bond acceptors (Lipinski definition) is 3. The molecular weight excluding hydrogens is 349 g/mol. The summed E-state index contributed by atoms with van der Waals surface area (Å²) in [5, 5.41) is 19.5. The lowest BCUT2D eigenvalue weighted by Gasteiger charge is -2.08. The summed E-state index contributed by atoms with van der Waals surface area (Å²) in [4.78, 5) is 24.0. The molecule has 2 N–H and O–H groups in total. The molecule has 3 rings (SSSR count). The van der Waals surface area contributed by atoms with Crippen LogP contribution in [0.5, 0.6) is 5.75 Å². The van der Waals surface area contributed by atoms with Crippen LogP contribution in [0.25, 0.3) is 10.9 Å². The average Bonchev–Trinajstić information content (AvgIpc) is 2.80. The van der Waals surface area contributed by atoms with Gasteiger partial charge in [0.1, 0.15) is 0 Å². The first-order valence-electron chi connectivity index (χ1n) is 7.34. The number of benzene rings is 2. The topological polar surface area (TPSA) is 79.5 Å². The van der Waals surface area contributed by atoms with Crippen LogP contribution >= 0.6 is 11.6 Å². The molecule has 2 aromatic carbocycles. The molecular formula is C18H13ClFNO4. The fourth-order valence-corrected chi connectivity index (χ4v) is 2.97. The van der Waals surface area contributed by atoms with Gasteiger partial charge in [-0.3, -0.25) is 14.2 Å². The minimum Gasteiger partial charge on any atom is -0.505 e. The summed E-state index contributed by atoms with van der Waals surface area (Å²) < 4.78 is 15.1. The minimum absolute atomic E-state index is 0.198. The molecule has 25 heavy (non-hydrogen) atoms. The molecule has 0 spiro atoms. The van der Waals surface area contributed by atoms with E-state index in [2.05, 4.69) is 0 Å². The van der Waals surface area contributed by atoms with E-state index < -0.39 is 23.4 Å². The molecule has 7 heteroatoms. The molecule has 1 aromatic heterocycles. The van der Waals surface area contributed by atoms with Crippen LogP contribution in [0, 0.1) is 12.7 Å². The van der Waals surface area contributed by atoms with E-state index >= 15 is 0 Å². The second-order valence-corrected chi connectivity index (χ2v) is 6.04. The smallest absolute Gasteiger partial charge is 0.307 e. The number of carboxylic acids is 1. The highest BCUT2D eigenvalue weighted by molar-refractivity contribution is 6.30. The Bertz CT molecular complexity index is 1010. The van der Waals surface area contributed by atoms with Crippen molar-refractivity contribution in [1.29, 1.82) is 0 Å². The summed E-state index contributed by atoms with van der Waals surface area (Å²) in [5.74, 6) is -3.03. The second-order valence-electron chi connectivity index (χ2n) is 5.60. The van der Waals surface area contributed by atoms with Gasteiger partial charge in [-0.25, -0.2) is 4.39 Å². The van der Waals surface area contributed by atoms with E-state index in [0.29, 0.717) is 27.2 Å². The Morgan fingerprint density at radius 3 is 2.44 bits per heavy atom. The van der Waals surface area contributed by atoms with Crippen molar-refractivity contribution < 1.29 is 24.2 Å². The minimum atomic E-state index is -1.09.